The van der Waals surface area contributed by atoms with Gasteiger partial charge in [-0.1, -0.05) is 66.8 Å². The summed E-state index contributed by atoms with van der Waals surface area (Å²) >= 11 is 0. The summed E-state index contributed by atoms with van der Waals surface area (Å²) in [6.45, 7) is -0.520. The maximum absolute atomic E-state index is 11.9. The van der Waals surface area contributed by atoms with Crippen LogP contribution >= 0.6 is 0 Å². The Morgan fingerprint density at radius 3 is 2.40 bits per heavy atom. The standard InChI is InChI=1S/C21H19NO3/c23-16-20(24)14-13-18-10-6-11-19(15-18)22-21(25)12-5-4-9-17-7-2-1-3-8-17/h1-15,23H,16H2,(H,22,25)/b9-4+,12-5+,14-13+. The summed E-state index contributed by atoms with van der Waals surface area (Å²) in [7, 11) is 0. The number of anilines is 1. The van der Waals surface area contributed by atoms with E-state index in [4.69, 9.17) is 5.11 Å². The van der Waals surface area contributed by atoms with E-state index in [1.807, 2.05) is 36.4 Å². The summed E-state index contributed by atoms with van der Waals surface area (Å²) in [5.74, 6) is -0.618. The van der Waals surface area contributed by atoms with Gasteiger partial charge in [0.05, 0.1) is 0 Å². The van der Waals surface area contributed by atoms with Crippen molar-refractivity contribution in [1.82, 2.24) is 0 Å². The third-order valence-corrected chi connectivity index (χ3v) is 3.22. The maximum Gasteiger partial charge on any atom is 0.248 e. The van der Waals surface area contributed by atoms with Crippen LogP contribution in [-0.2, 0) is 9.59 Å². The number of aliphatic hydroxyl groups excluding tert-OH is 1. The van der Waals surface area contributed by atoms with Crippen molar-refractivity contribution in [2.75, 3.05) is 11.9 Å². The van der Waals surface area contributed by atoms with Gasteiger partial charge >= 0.3 is 0 Å². The molecule has 2 aromatic carbocycles. The summed E-state index contributed by atoms with van der Waals surface area (Å²) in [4.78, 5) is 23.0. The minimum atomic E-state index is -0.520. The molecule has 0 aliphatic heterocycles. The number of benzene rings is 2. The lowest BCUT2D eigenvalue weighted by Crippen LogP contribution is -2.07. The number of rotatable bonds is 7. The Hall–Kier alpha value is -3.24. The minimum Gasteiger partial charge on any atom is -0.388 e. The van der Waals surface area contributed by atoms with Gasteiger partial charge in [-0.15, -0.1) is 0 Å². The molecule has 1 amide bonds. The highest BCUT2D eigenvalue weighted by molar-refractivity contribution is 6.00. The molecule has 0 atom stereocenters. The lowest BCUT2D eigenvalue weighted by Gasteiger charge is -2.03. The molecule has 0 saturated heterocycles. The van der Waals surface area contributed by atoms with Crippen LogP contribution in [0.1, 0.15) is 11.1 Å². The van der Waals surface area contributed by atoms with Crippen LogP contribution in [0.15, 0.2) is 78.9 Å². The van der Waals surface area contributed by atoms with Gasteiger partial charge in [0.2, 0.25) is 5.91 Å². The molecule has 2 aromatic rings. The lowest BCUT2D eigenvalue weighted by atomic mass is 10.1. The molecule has 0 heterocycles. The van der Waals surface area contributed by atoms with Crippen molar-refractivity contribution < 1.29 is 14.7 Å². The number of nitrogens with one attached hydrogen (secondary N) is 1. The Kier molecular flexibility index (Phi) is 7.10. The molecule has 0 spiro atoms. The number of hydrogen-bond donors (Lipinski definition) is 2. The van der Waals surface area contributed by atoms with Crippen LogP contribution in [-0.4, -0.2) is 23.4 Å². The van der Waals surface area contributed by atoms with Gasteiger partial charge in [-0.2, -0.15) is 0 Å². The first-order chi connectivity index (χ1) is 12.2. The van der Waals surface area contributed by atoms with Crippen LogP contribution in [0.2, 0.25) is 0 Å². The number of hydrogen-bond acceptors (Lipinski definition) is 3. The Balaban J connectivity index is 1.92. The molecule has 0 bridgehead atoms. The van der Waals surface area contributed by atoms with Crippen LogP contribution < -0.4 is 5.32 Å². The van der Waals surface area contributed by atoms with Crippen LogP contribution in [0, 0.1) is 0 Å². The van der Waals surface area contributed by atoms with Gasteiger partial charge < -0.3 is 10.4 Å². The highest BCUT2D eigenvalue weighted by atomic mass is 16.3. The van der Waals surface area contributed by atoms with E-state index in [-0.39, 0.29) is 11.7 Å². The molecule has 0 unspecified atom stereocenters. The largest absolute Gasteiger partial charge is 0.388 e. The van der Waals surface area contributed by atoms with Crippen molar-refractivity contribution in [3.63, 3.8) is 0 Å². The second-order valence-electron chi connectivity index (χ2n) is 5.20. The summed E-state index contributed by atoms with van der Waals surface area (Å²) in [5, 5.41) is 11.4. The van der Waals surface area contributed by atoms with Crippen LogP contribution in [0.3, 0.4) is 0 Å². The van der Waals surface area contributed by atoms with E-state index in [0.29, 0.717) is 5.69 Å². The van der Waals surface area contributed by atoms with Crippen molar-refractivity contribution >= 4 is 29.5 Å². The Morgan fingerprint density at radius 1 is 0.880 bits per heavy atom. The van der Waals surface area contributed by atoms with Gasteiger partial charge in [0.25, 0.3) is 0 Å². The van der Waals surface area contributed by atoms with Crippen LogP contribution in [0.5, 0.6) is 0 Å². The van der Waals surface area contributed by atoms with Crippen molar-refractivity contribution in [3.8, 4) is 0 Å². The molecule has 0 fully saturated rings. The molecule has 0 aliphatic rings. The van der Waals surface area contributed by atoms with Gasteiger partial charge in [0.15, 0.2) is 5.78 Å². The normalized spacial score (nSPS) is 11.4. The van der Waals surface area contributed by atoms with Crippen molar-refractivity contribution in [2.24, 2.45) is 0 Å². The fourth-order valence-electron chi connectivity index (χ4n) is 2.02. The average Bonchev–Trinajstić information content (AvgIpc) is 2.64. The second kappa shape index (κ2) is 9.80. The van der Waals surface area contributed by atoms with E-state index >= 15 is 0 Å². The van der Waals surface area contributed by atoms with Gasteiger partial charge in [-0.05, 0) is 29.3 Å². The van der Waals surface area contributed by atoms with E-state index in [1.54, 1.807) is 42.5 Å². The molecule has 4 heteroatoms. The third kappa shape index (κ3) is 6.81. The molecule has 126 valence electrons. The van der Waals surface area contributed by atoms with Crippen molar-refractivity contribution in [1.29, 1.82) is 0 Å². The molecule has 0 radical (unpaired) electrons. The summed E-state index contributed by atoms with van der Waals surface area (Å²) in [6, 6.07) is 16.9. The van der Waals surface area contributed by atoms with Crippen molar-refractivity contribution in [2.45, 2.75) is 0 Å². The second-order valence-corrected chi connectivity index (χ2v) is 5.20. The summed E-state index contributed by atoms with van der Waals surface area (Å²) in [5.41, 5.74) is 2.44. The smallest absolute Gasteiger partial charge is 0.248 e. The quantitative estimate of drug-likeness (QED) is 0.602. The molecule has 25 heavy (non-hydrogen) atoms. The Morgan fingerprint density at radius 2 is 1.64 bits per heavy atom. The molecule has 0 aliphatic carbocycles. The molecule has 0 aromatic heterocycles. The average molecular weight is 333 g/mol. The van der Waals surface area contributed by atoms with E-state index in [1.165, 1.54) is 12.2 Å². The zero-order valence-corrected chi connectivity index (χ0v) is 13.6. The highest BCUT2D eigenvalue weighted by Gasteiger charge is 1.98. The summed E-state index contributed by atoms with van der Waals surface area (Å²) in [6.07, 6.45) is 9.72. The van der Waals surface area contributed by atoms with Crippen molar-refractivity contribution in [3.05, 3.63) is 90.0 Å². The zero-order chi connectivity index (χ0) is 17.9. The number of ketones is 1. The Bertz CT molecular complexity index is 805. The topological polar surface area (TPSA) is 66.4 Å². The number of carbonyl (C=O) groups excluding carboxylic acids is 2. The fourth-order valence-corrected chi connectivity index (χ4v) is 2.02. The minimum absolute atomic E-state index is 0.245. The monoisotopic (exact) mass is 333 g/mol. The van der Waals surface area contributed by atoms with Crippen LogP contribution in [0.4, 0.5) is 5.69 Å². The first-order valence-corrected chi connectivity index (χ1v) is 7.80. The SMILES string of the molecule is O=C(/C=C/c1cccc(NC(=O)/C=C/C=C/c2ccccc2)c1)CO. The van der Waals surface area contributed by atoms with Gasteiger partial charge in [-0.3, -0.25) is 9.59 Å². The lowest BCUT2D eigenvalue weighted by molar-refractivity contribution is -0.117. The first-order valence-electron chi connectivity index (χ1n) is 7.80. The van der Waals surface area contributed by atoms with Gasteiger partial charge in [0, 0.05) is 11.8 Å². The predicted octanol–water partition coefficient (Wildman–Crippen LogP) is 3.47. The van der Waals surface area contributed by atoms with Gasteiger partial charge in [0.1, 0.15) is 6.61 Å². The first kappa shape index (κ1) is 18.1. The van der Waals surface area contributed by atoms with E-state index < -0.39 is 6.61 Å². The van der Waals surface area contributed by atoms with Gasteiger partial charge in [-0.25, -0.2) is 0 Å². The number of aliphatic hydroxyl groups is 1. The third-order valence-electron chi connectivity index (χ3n) is 3.22. The number of allylic oxidation sites excluding steroid dienone is 2. The molecular weight excluding hydrogens is 314 g/mol. The van der Waals surface area contributed by atoms with E-state index in [9.17, 15) is 9.59 Å². The zero-order valence-electron chi connectivity index (χ0n) is 13.6. The fraction of sp³-hybridized carbons (Fsp3) is 0.0476. The predicted molar refractivity (Wildman–Crippen MR) is 101 cm³/mol. The molecule has 2 rings (SSSR count). The molecule has 0 saturated carbocycles. The molecule has 2 N–H and O–H groups in total. The summed E-state index contributed by atoms with van der Waals surface area (Å²) < 4.78 is 0. The number of amides is 1. The maximum atomic E-state index is 11.9. The molecule has 4 nitrogen and oxygen atoms in total. The molecular formula is C21H19NO3. The Labute approximate surface area is 146 Å². The van der Waals surface area contributed by atoms with E-state index in [2.05, 4.69) is 5.32 Å². The number of carbonyl (C=O) groups is 2. The van der Waals surface area contributed by atoms with Crippen LogP contribution in [0.25, 0.3) is 12.2 Å². The van der Waals surface area contributed by atoms with E-state index in [0.717, 1.165) is 11.1 Å². The highest BCUT2D eigenvalue weighted by Crippen LogP contribution is 2.12.